The molecule has 2 N–H and O–H groups in total. The fourth-order valence-electron chi connectivity index (χ4n) is 1.64. The lowest BCUT2D eigenvalue weighted by Gasteiger charge is -2.01. The minimum Gasteiger partial charge on any atom is -0.481 e. The second-order valence-corrected chi connectivity index (χ2v) is 3.86. The van der Waals surface area contributed by atoms with E-state index in [4.69, 9.17) is 14.6 Å². The maximum Gasteiger partial charge on any atom is 0.303 e. The zero-order chi connectivity index (χ0) is 12.7. The molecule has 5 nitrogen and oxygen atoms in total. The molecule has 0 fully saturated rings. The van der Waals surface area contributed by atoms with Gasteiger partial charge in [0.15, 0.2) is 0 Å². The summed E-state index contributed by atoms with van der Waals surface area (Å²) in [4.78, 5) is 20.7. The molecule has 5 heteroatoms. The third kappa shape index (κ3) is 5.19. The maximum atomic E-state index is 10.4. The Kier molecular flexibility index (Phi) is 5.26. The maximum absolute atomic E-state index is 10.4. The average Bonchev–Trinajstić information content (AvgIpc) is 2.65. The van der Waals surface area contributed by atoms with Crippen LogP contribution in [-0.2, 0) is 22.4 Å². The predicted molar refractivity (Wildman–Crippen MR) is 59.9 cm³/mol. The van der Waals surface area contributed by atoms with Crippen LogP contribution in [0.1, 0.15) is 37.0 Å². The predicted octanol–water partition coefficient (Wildman–Crippen LogP) is 2.09. The Bertz CT molecular complexity index is 346. The molecule has 0 saturated carbocycles. The zero-order valence-corrected chi connectivity index (χ0v) is 9.52. The van der Waals surface area contributed by atoms with Crippen LogP contribution < -0.4 is 0 Å². The smallest absolute Gasteiger partial charge is 0.303 e. The number of rotatable bonds is 8. The second kappa shape index (κ2) is 6.73. The molecule has 0 aliphatic heterocycles. The number of carbonyl (C=O) groups is 2. The first-order chi connectivity index (χ1) is 8.09. The van der Waals surface area contributed by atoms with Crippen molar-refractivity contribution in [3.05, 3.63) is 23.7 Å². The van der Waals surface area contributed by atoms with E-state index in [0.717, 1.165) is 11.3 Å². The number of hydrogen-bond acceptors (Lipinski definition) is 3. The topological polar surface area (TPSA) is 87.7 Å². The van der Waals surface area contributed by atoms with Gasteiger partial charge >= 0.3 is 11.9 Å². The van der Waals surface area contributed by atoms with Gasteiger partial charge in [0.05, 0.1) is 6.26 Å². The van der Waals surface area contributed by atoms with Gasteiger partial charge in [-0.05, 0) is 30.9 Å². The molecule has 0 amide bonds. The van der Waals surface area contributed by atoms with E-state index in [9.17, 15) is 9.59 Å². The summed E-state index contributed by atoms with van der Waals surface area (Å²) in [7, 11) is 0. The number of furan rings is 1. The molecule has 0 radical (unpaired) electrons. The summed E-state index contributed by atoms with van der Waals surface area (Å²) in [6.45, 7) is 0. The normalized spacial score (nSPS) is 10.4. The van der Waals surface area contributed by atoms with Crippen molar-refractivity contribution < 1.29 is 24.2 Å². The van der Waals surface area contributed by atoms with Crippen molar-refractivity contribution in [1.29, 1.82) is 0 Å². The molecule has 1 aromatic heterocycles. The van der Waals surface area contributed by atoms with Crippen molar-refractivity contribution in [3.63, 3.8) is 0 Å². The second-order valence-electron chi connectivity index (χ2n) is 3.86. The molecule has 1 aromatic rings. The van der Waals surface area contributed by atoms with Gasteiger partial charge in [0.1, 0.15) is 5.76 Å². The third-order valence-electron chi connectivity index (χ3n) is 2.47. The molecule has 0 aliphatic rings. The van der Waals surface area contributed by atoms with Gasteiger partial charge in [-0.2, -0.15) is 0 Å². The highest BCUT2D eigenvalue weighted by Crippen LogP contribution is 2.16. The Morgan fingerprint density at radius 1 is 1.06 bits per heavy atom. The van der Waals surface area contributed by atoms with Crippen LogP contribution in [0, 0.1) is 0 Å². The highest BCUT2D eigenvalue weighted by atomic mass is 16.4. The summed E-state index contributed by atoms with van der Waals surface area (Å²) in [5.41, 5.74) is 0.983. The van der Waals surface area contributed by atoms with Gasteiger partial charge < -0.3 is 14.6 Å². The first kappa shape index (κ1) is 13.3. The van der Waals surface area contributed by atoms with E-state index < -0.39 is 11.9 Å². The van der Waals surface area contributed by atoms with E-state index in [0.29, 0.717) is 25.7 Å². The van der Waals surface area contributed by atoms with Gasteiger partial charge in [0.25, 0.3) is 0 Å². The average molecular weight is 240 g/mol. The van der Waals surface area contributed by atoms with Crippen molar-refractivity contribution in [2.24, 2.45) is 0 Å². The quantitative estimate of drug-likeness (QED) is 0.726. The molecule has 17 heavy (non-hydrogen) atoms. The van der Waals surface area contributed by atoms with Gasteiger partial charge in [-0.25, -0.2) is 0 Å². The molecule has 0 unspecified atom stereocenters. The van der Waals surface area contributed by atoms with Gasteiger partial charge in [-0.1, -0.05) is 0 Å². The lowest BCUT2D eigenvalue weighted by atomic mass is 10.1. The summed E-state index contributed by atoms with van der Waals surface area (Å²) >= 11 is 0. The third-order valence-corrected chi connectivity index (χ3v) is 2.47. The Hall–Kier alpha value is -1.78. The van der Waals surface area contributed by atoms with E-state index in [-0.39, 0.29) is 12.8 Å². The molecule has 0 saturated heterocycles. The van der Waals surface area contributed by atoms with Crippen LogP contribution in [0.5, 0.6) is 0 Å². The molecule has 1 heterocycles. The first-order valence-electron chi connectivity index (χ1n) is 5.58. The van der Waals surface area contributed by atoms with Gasteiger partial charge in [-0.3, -0.25) is 9.59 Å². The van der Waals surface area contributed by atoms with E-state index in [1.54, 1.807) is 6.26 Å². The van der Waals surface area contributed by atoms with Crippen LogP contribution in [0.25, 0.3) is 0 Å². The van der Waals surface area contributed by atoms with Gasteiger partial charge in [0.2, 0.25) is 0 Å². The van der Waals surface area contributed by atoms with Crippen molar-refractivity contribution >= 4 is 11.9 Å². The summed E-state index contributed by atoms with van der Waals surface area (Å²) in [5, 5.41) is 17.0. The minimum absolute atomic E-state index is 0.120. The Balaban J connectivity index is 2.37. The van der Waals surface area contributed by atoms with E-state index in [1.165, 1.54) is 0 Å². The molecule has 0 aliphatic carbocycles. The van der Waals surface area contributed by atoms with Crippen molar-refractivity contribution in [2.45, 2.75) is 38.5 Å². The van der Waals surface area contributed by atoms with Gasteiger partial charge in [-0.15, -0.1) is 0 Å². The molecule has 0 spiro atoms. The minimum atomic E-state index is -0.816. The number of carboxylic acid groups (broad SMARTS) is 2. The lowest BCUT2D eigenvalue weighted by Crippen LogP contribution is -1.99. The number of aliphatic carboxylic acids is 2. The van der Waals surface area contributed by atoms with Crippen LogP contribution >= 0.6 is 0 Å². The van der Waals surface area contributed by atoms with E-state index in [2.05, 4.69) is 0 Å². The molecule has 1 rings (SSSR count). The number of hydrogen-bond donors (Lipinski definition) is 2. The lowest BCUT2D eigenvalue weighted by molar-refractivity contribution is -0.138. The molecular formula is C12H16O5. The summed E-state index contributed by atoms with van der Waals surface area (Å²) in [6, 6.07) is 1.82. The van der Waals surface area contributed by atoms with E-state index >= 15 is 0 Å². The Morgan fingerprint density at radius 2 is 1.65 bits per heavy atom. The van der Waals surface area contributed by atoms with Crippen LogP contribution in [0.15, 0.2) is 16.7 Å². The van der Waals surface area contributed by atoms with Crippen LogP contribution in [0.3, 0.4) is 0 Å². The molecule has 0 bridgehead atoms. The zero-order valence-electron chi connectivity index (χ0n) is 9.52. The number of aryl methyl sites for hydroxylation is 2. The van der Waals surface area contributed by atoms with E-state index in [1.807, 2.05) is 6.07 Å². The Labute approximate surface area is 99.1 Å². The summed E-state index contributed by atoms with van der Waals surface area (Å²) < 4.78 is 5.26. The highest BCUT2D eigenvalue weighted by molar-refractivity contribution is 5.66. The fourth-order valence-corrected chi connectivity index (χ4v) is 1.64. The van der Waals surface area contributed by atoms with Crippen LogP contribution in [-0.4, -0.2) is 22.2 Å². The molecule has 94 valence electrons. The highest BCUT2D eigenvalue weighted by Gasteiger charge is 2.08. The Morgan fingerprint density at radius 3 is 2.24 bits per heavy atom. The molecule has 0 atom stereocenters. The van der Waals surface area contributed by atoms with Crippen LogP contribution in [0.4, 0.5) is 0 Å². The summed E-state index contributed by atoms with van der Waals surface area (Å²) in [5.74, 6) is -0.846. The largest absolute Gasteiger partial charge is 0.481 e. The van der Waals surface area contributed by atoms with Crippen LogP contribution in [0.2, 0.25) is 0 Å². The standard InChI is InChI=1S/C12H16O5/c13-11(14)5-1-3-9-7-8-17-10(9)4-2-6-12(15)16/h7-8H,1-6H2,(H,13,14)(H,15,16). The van der Waals surface area contributed by atoms with Crippen molar-refractivity contribution in [2.75, 3.05) is 0 Å². The molecule has 0 aromatic carbocycles. The molecular weight excluding hydrogens is 224 g/mol. The first-order valence-corrected chi connectivity index (χ1v) is 5.58. The number of carboxylic acids is 2. The van der Waals surface area contributed by atoms with Gasteiger partial charge in [0, 0.05) is 19.3 Å². The SMILES string of the molecule is O=C(O)CCCc1ccoc1CCCC(=O)O. The van der Waals surface area contributed by atoms with Crippen molar-refractivity contribution in [1.82, 2.24) is 0 Å². The fraction of sp³-hybridized carbons (Fsp3) is 0.500. The van der Waals surface area contributed by atoms with Crippen molar-refractivity contribution in [3.8, 4) is 0 Å². The summed E-state index contributed by atoms with van der Waals surface area (Å²) in [6.07, 6.45) is 4.17. The monoisotopic (exact) mass is 240 g/mol.